The summed E-state index contributed by atoms with van der Waals surface area (Å²) in [5.41, 5.74) is 6.12. The zero-order valence-electron chi connectivity index (χ0n) is 10.3. The molecule has 1 aliphatic rings. The Kier molecular flexibility index (Phi) is 6.05. The number of rotatable bonds is 5. The van der Waals surface area contributed by atoms with Gasteiger partial charge < -0.3 is 16.2 Å². The SMILES string of the molecule is NC(CNC(=O)C=CC1=CC=CC=CC=C1)C(=O)O. The van der Waals surface area contributed by atoms with Crippen molar-refractivity contribution in [1.29, 1.82) is 0 Å². The predicted octanol–water partition coefficient (Wildman–Crippen LogP) is 0.679. The van der Waals surface area contributed by atoms with E-state index in [9.17, 15) is 9.59 Å². The summed E-state index contributed by atoms with van der Waals surface area (Å²) in [4.78, 5) is 21.9. The lowest BCUT2D eigenvalue weighted by Gasteiger charge is -2.06. The van der Waals surface area contributed by atoms with Crippen LogP contribution in [-0.2, 0) is 9.59 Å². The van der Waals surface area contributed by atoms with E-state index < -0.39 is 12.0 Å². The number of allylic oxidation sites excluding steroid dienone is 9. The molecule has 0 bridgehead atoms. The van der Waals surface area contributed by atoms with Gasteiger partial charge in [-0.3, -0.25) is 9.59 Å². The molecule has 4 N–H and O–H groups in total. The molecule has 19 heavy (non-hydrogen) atoms. The van der Waals surface area contributed by atoms with Crippen LogP contribution in [0.4, 0.5) is 0 Å². The second-order valence-corrected chi connectivity index (χ2v) is 3.82. The van der Waals surface area contributed by atoms with E-state index in [2.05, 4.69) is 5.32 Å². The summed E-state index contributed by atoms with van der Waals surface area (Å²) < 4.78 is 0. The number of carboxylic acids is 1. The average molecular weight is 260 g/mol. The van der Waals surface area contributed by atoms with Gasteiger partial charge >= 0.3 is 5.97 Å². The molecule has 100 valence electrons. The first-order valence-electron chi connectivity index (χ1n) is 5.75. The van der Waals surface area contributed by atoms with Crippen molar-refractivity contribution in [2.75, 3.05) is 6.54 Å². The van der Waals surface area contributed by atoms with Gasteiger partial charge in [0, 0.05) is 12.6 Å². The number of nitrogens with one attached hydrogen (secondary N) is 1. The van der Waals surface area contributed by atoms with E-state index in [-0.39, 0.29) is 12.5 Å². The van der Waals surface area contributed by atoms with Gasteiger partial charge in [0.15, 0.2) is 0 Å². The van der Waals surface area contributed by atoms with Gasteiger partial charge in [-0.25, -0.2) is 0 Å². The summed E-state index contributed by atoms with van der Waals surface area (Å²) in [5.74, 6) is -1.53. The minimum absolute atomic E-state index is 0.101. The van der Waals surface area contributed by atoms with Crippen LogP contribution in [0.5, 0.6) is 0 Å². The Labute approximate surface area is 111 Å². The molecule has 0 fully saturated rings. The molecule has 0 aliphatic heterocycles. The molecule has 1 atom stereocenters. The summed E-state index contributed by atoms with van der Waals surface area (Å²) in [6, 6.07) is -1.09. The topological polar surface area (TPSA) is 92.4 Å². The summed E-state index contributed by atoms with van der Waals surface area (Å²) in [7, 11) is 0. The number of aliphatic carboxylic acids is 1. The van der Waals surface area contributed by atoms with Crippen LogP contribution in [0.2, 0.25) is 0 Å². The number of amides is 1. The lowest BCUT2D eigenvalue weighted by Crippen LogP contribution is -2.41. The van der Waals surface area contributed by atoms with E-state index in [0.717, 1.165) is 5.57 Å². The second-order valence-electron chi connectivity index (χ2n) is 3.82. The number of carboxylic acid groups (broad SMARTS) is 1. The molecule has 0 aromatic rings. The Bertz CT molecular complexity index is 485. The van der Waals surface area contributed by atoms with Crippen molar-refractivity contribution in [3.05, 3.63) is 60.3 Å². The van der Waals surface area contributed by atoms with Crippen LogP contribution in [0.3, 0.4) is 0 Å². The van der Waals surface area contributed by atoms with Crippen LogP contribution in [0.1, 0.15) is 0 Å². The number of hydrogen-bond acceptors (Lipinski definition) is 3. The maximum absolute atomic E-state index is 11.4. The Morgan fingerprint density at radius 1 is 1.26 bits per heavy atom. The standard InChI is InChI=1S/C14H16N2O3/c15-12(14(18)19)10-16-13(17)9-8-11-6-4-2-1-3-5-7-11/h1-9,12H,10,15H2,(H,16,17)(H,18,19). The van der Waals surface area contributed by atoms with Crippen molar-refractivity contribution in [2.24, 2.45) is 5.73 Å². The molecule has 0 heterocycles. The van der Waals surface area contributed by atoms with Crippen molar-refractivity contribution in [3.8, 4) is 0 Å². The summed E-state index contributed by atoms with van der Waals surface area (Å²) >= 11 is 0. The van der Waals surface area contributed by atoms with Gasteiger partial charge in [-0.2, -0.15) is 0 Å². The summed E-state index contributed by atoms with van der Waals surface area (Å²) in [5, 5.41) is 11.0. The molecule has 1 amide bonds. The highest BCUT2D eigenvalue weighted by atomic mass is 16.4. The Morgan fingerprint density at radius 2 is 1.95 bits per heavy atom. The largest absolute Gasteiger partial charge is 0.480 e. The van der Waals surface area contributed by atoms with Crippen LogP contribution in [0, 0.1) is 0 Å². The summed E-state index contributed by atoms with van der Waals surface area (Å²) in [6.07, 6.45) is 16.1. The van der Waals surface area contributed by atoms with Gasteiger partial charge in [0.2, 0.25) is 5.91 Å². The first kappa shape index (κ1) is 14.7. The molecule has 0 aromatic heterocycles. The van der Waals surface area contributed by atoms with E-state index in [1.54, 1.807) is 6.08 Å². The molecule has 0 saturated carbocycles. The van der Waals surface area contributed by atoms with Crippen LogP contribution >= 0.6 is 0 Å². The third-order valence-electron chi connectivity index (χ3n) is 2.26. The van der Waals surface area contributed by atoms with E-state index in [1.165, 1.54) is 6.08 Å². The third-order valence-corrected chi connectivity index (χ3v) is 2.26. The highest BCUT2D eigenvalue weighted by Gasteiger charge is 2.11. The Balaban J connectivity index is 2.47. The molecular weight excluding hydrogens is 244 g/mol. The van der Waals surface area contributed by atoms with Gasteiger partial charge in [0.25, 0.3) is 0 Å². The zero-order valence-corrected chi connectivity index (χ0v) is 10.3. The number of nitrogens with two attached hydrogens (primary N) is 1. The second kappa shape index (κ2) is 7.84. The minimum Gasteiger partial charge on any atom is -0.480 e. The van der Waals surface area contributed by atoms with Crippen molar-refractivity contribution >= 4 is 11.9 Å². The van der Waals surface area contributed by atoms with Gasteiger partial charge in [-0.1, -0.05) is 42.5 Å². The van der Waals surface area contributed by atoms with E-state index in [0.29, 0.717) is 0 Å². The molecule has 0 spiro atoms. The number of carbonyl (C=O) groups is 2. The first-order chi connectivity index (χ1) is 9.09. The molecule has 0 radical (unpaired) electrons. The van der Waals surface area contributed by atoms with Gasteiger partial charge in [-0.15, -0.1) is 0 Å². The molecule has 5 heteroatoms. The van der Waals surface area contributed by atoms with Crippen LogP contribution < -0.4 is 11.1 Å². The lowest BCUT2D eigenvalue weighted by atomic mass is 10.1. The maximum atomic E-state index is 11.4. The summed E-state index contributed by atoms with van der Waals surface area (Å²) in [6.45, 7) is -0.101. The molecule has 5 nitrogen and oxygen atoms in total. The highest BCUT2D eigenvalue weighted by Crippen LogP contribution is 2.02. The molecular formula is C14H16N2O3. The zero-order chi connectivity index (χ0) is 14.1. The van der Waals surface area contributed by atoms with Crippen LogP contribution in [0.15, 0.2) is 60.3 Å². The van der Waals surface area contributed by atoms with Gasteiger partial charge in [-0.05, 0) is 11.6 Å². The molecule has 1 aliphatic carbocycles. The molecule has 0 aromatic carbocycles. The smallest absolute Gasteiger partial charge is 0.322 e. The van der Waals surface area contributed by atoms with Crippen LogP contribution in [-0.4, -0.2) is 29.6 Å². The van der Waals surface area contributed by atoms with Crippen molar-refractivity contribution in [1.82, 2.24) is 5.32 Å². The quantitative estimate of drug-likeness (QED) is 0.634. The maximum Gasteiger partial charge on any atom is 0.322 e. The molecule has 1 unspecified atom stereocenters. The number of carbonyl (C=O) groups excluding carboxylic acids is 1. The Morgan fingerprint density at radius 3 is 2.68 bits per heavy atom. The van der Waals surface area contributed by atoms with Gasteiger partial charge in [0.1, 0.15) is 6.04 Å². The Hall–Kier alpha value is -2.40. The first-order valence-corrected chi connectivity index (χ1v) is 5.75. The van der Waals surface area contributed by atoms with Crippen molar-refractivity contribution < 1.29 is 14.7 Å². The third kappa shape index (κ3) is 6.18. The lowest BCUT2D eigenvalue weighted by molar-refractivity contribution is -0.138. The fourth-order valence-corrected chi connectivity index (χ4v) is 1.22. The fourth-order valence-electron chi connectivity index (χ4n) is 1.22. The van der Waals surface area contributed by atoms with E-state index in [1.807, 2.05) is 42.5 Å². The van der Waals surface area contributed by atoms with Crippen molar-refractivity contribution in [3.63, 3.8) is 0 Å². The van der Waals surface area contributed by atoms with E-state index in [4.69, 9.17) is 10.8 Å². The van der Waals surface area contributed by atoms with Crippen molar-refractivity contribution in [2.45, 2.75) is 6.04 Å². The van der Waals surface area contributed by atoms with E-state index >= 15 is 0 Å². The predicted molar refractivity (Wildman–Crippen MR) is 73.3 cm³/mol. The van der Waals surface area contributed by atoms with Gasteiger partial charge in [0.05, 0.1) is 0 Å². The van der Waals surface area contributed by atoms with Crippen LogP contribution in [0.25, 0.3) is 0 Å². The minimum atomic E-state index is -1.15. The molecule has 0 saturated heterocycles. The number of hydrogen-bond donors (Lipinski definition) is 3. The monoisotopic (exact) mass is 260 g/mol. The normalized spacial score (nSPS) is 15.7. The average Bonchev–Trinajstić information content (AvgIpc) is 2.34. The fraction of sp³-hybridized carbons (Fsp3) is 0.143. The highest BCUT2D eigenvalue weighted by molar-refractivity contribution is 5.88. The molecule has 1 rings (SSSR count).